The van der Waals surface area contributed by atoms with E-state index in [9.17, 15) is 9.59 Å². The highest BCUT2D eigenvalue weighted by Gasteiger charge is 2.44. The number of rotatable bonds is 9. The molecule has 3 heterocycles. The molecule has 2 amide bonds. The summed E-state index contributed by atoms with van der Waals surface area (Å²) < 4.78 is 20.8. The number of nitrogens with zero attached hydrogens (tertiary/aromatic N) is 5. The minimum absolute atomic E-state index is 0.00884. The molecule has 2 aromatic rings. The van der Waals surface area contributed by atoms with Crippen LogP contribution >= 0.6 is 0 Å². The van der Waals surface area contributed by atoms with Gasteiger partial charge in [-0.1, -0.05) is 20.8 Å². The topological polar surface area (TPSA) is 103 Å². The van der Waals surface area contributed by atoms with Gasteiger partial charge in [-0.2, -0.15) is 4.98 Å². The summed E-state index contributed by atoms with van der Waals surface area (Å²) in [7, 11) is 3.23. The standard InChI is InChI=1S/C30H44FN7O3/c1-8-30(9-2)18-38(19(4)5)26-24(36(6)28(30)40)17-32-29(35-26)34-23-16-22(31)21(15-25(23)41-7)27(39)33-20-11-13-37(10-3)14-12-20/h15-17,19-20H,8-14,18H2,1-7H3,(H,33,39)(H,32,34,35). The van der Waals surface area contributed by atoms with Crippen molar-refractivity contribution in [3.05, 3.63) is 29.7 Å². The van der Waals surface area contributed by atoms with Crippen molar-refractivity contribution < 1.29 is 18.7 Å². The van der Waals surface area contributed by atoms with Crippen LogP contribution in [0.15, 0.2) is 18.3 Å². The third-order valence-corrected chi connectivity index (χ3v) is 8.74. The second kappa shape index (κ2) is 12.6. The minimum atomic E-state index is -0.670. The summed E-state index contributed by atoms with van der Waals surface area (Å²) in [6, 6.07) is 2.72. The second-order valence-electron chi connectivity index (χ2n) is 11.3. The monoisotopic (exact) mass is 569 g/mol. The maximum absolute atomic E-state index is 15.3. The van der Waals surface area contributed by atoms with Gasteiger partial charge in [-0.3, -0.25) is 9.59 Å². The lowest BCUT2D eigenvalue weighted by atomic mass is 9.80. The summed E-state index contributed by atoms with van der Waals surface area (Å²) in [5.74, 6) is 0.0650. The van der Waals surface area contributed by atoms with Crippen LogP contribution in [0.1, 0.15) is 70.7 Å². The van der Waals surface area contributed by atoms with Crippen LogP contribution in [0.3, 0.4) is 0 Å². The molecule has 1 aromatic heterocycles. The number of benzene rings is 1. The summed E-state index contributed by atoms with van der Waals surface area (Å²) in [5, 5.41) is 6.05. The van der Waals surface area contributed by atoms with Crippen LogP contribution < -0.4 is 25.2 Å². The fourth-order valence-electron chi connectivity index (χ4n) is 5.78. The molecular weight excluding hydrogens is 525 g/mol. The van der Waals surface area contributed by atoms with Gasteiger partial charge in [0.25, 0.3) is 5.91 Å². The largest absolute Gasteiger partial charge is 0.495 e. The Morgan fingerprint density at radius 2 is 1.88 bits per heavy atom. The van der Waals surface area contributed by atoms with E-state index in [1.165, 1.54) is 19.2 Å². The lowest BCUT2D eigenvalue weighted by Gasteiger charge is -2.36. The van der Waals surface area contributed by atoms with Crippen LogP contribution in [0.25, 0.3) is 0 Å². The number of hydrogen-bond donors (Lipinski definition) is 2. The molecule has 0 unspecified atom stereocenters. The van der Waals surface area contributed by atoms with E-state index in [2.05, 4.69) is 46.2 Å². The summed E-state index contributed by atoms with van der Waals surface area (Å²) >= 11 is 0. The first-order chi connectivity index (χ1) is 19.6. The molecule has 0 aliphatic carbocycles. The van der Waals surface area contributed by atoms with Crippen LogP contribution in [0.4, 0.5) is 27.5 Å². The predicted octanol–water partition coefficient (Wildman–Crippen LogP) is 4.58. The second-order valence-corrected chi connectivity index (χ2v) is 11.3. The Balaban J connectivity index is 1.60. The fourth-order valence-corrected chi connectivity index (χ4v) is 5.78. The van der Waals surface area contributed by atoms with Gasteiger partial charge in [-0.05, 0) is 52.1 Å². The molecule has 0 spiro atoms. The Hall–Kier alpha value is -3.47. The molecule has 0 atom stereocenters. The third-order valence-electron chi connectivity index (χ3n) is 8.74. The van der Waals surface area contributed by atoms with Crippen molar-refractivity contribution in [3.63, 3.8) is 0 Å². The minimum Gasteiger partial charge on any atom is -0.495 e. The van der Waals surface area contributed by atoms with Gasteiger partial charge in [-0.25, -0.2) is 9.37 Å². The van der Waals surface area contributed by atoms with Crippen molar-refractivity contribution >= 4 is 35.0 Å². The number of hydrogen-bond acceptors (Lipinski definition) is 8. The predicted molar refractivity (Wildman–Crippen MR) is 160 cm³/mol. The summed E-state index contributed by atoms with van der Waals surface area (Å²) in [5.41, 5.74) is 0.300. The number of carbonyl (C=O) groups is 2. The number of anilines is 4. The van der Waals surface area contributed by atoms with E-state index in [4.69, 9.17) is 9.72 Å². The van der Waals surface area contributed by atoms with Crippen LogP contribution in [-0.4, -0.2) is 79.1 Å². The quantitative estimate of drug-likeness (QED) is 0.453. The van der Waals surface area contributed by atoms with Crippen LogP contribution in [0.5, 0.6) is 5.75 Å². The van der Waals surface area contributed by atoms with E-state index in [1.54, 1.807) is 18.1 Å². The highest BCUT2D eigenvalue weighted by Crippen LogP contribution is 2.41. The molecule has 1 saturated heterocycles. The average Bonchev–Trinajstić information content (AvgIpc) is 3.06. The Morgan fingerprint density at radius 1 is 1.20 bits per heavy atom. The number of amides is 2. The number of ether oxygens (including phenoxy) is 1. The summed E-state index contributed by atoms with van der Waals surface area (Å²) in [6.45, 7) is 13.7. The van der Waals surface area contributed by atoms with Gasteiger partial charge in [0.2, 0.25) is 11.9 Å². The highest BCUT2D eigenvalue weighted by molar-refractivity contribution is 6.01. The molecule has 0 saturated carbocycles. The van der Waals surface area contributed by atoms with Crippen LogP contribution in [-0.2, 0) is 4.79 Å². The molecule has 10 nitrogen and oxygen atoms in total. The molecule has 41 heavy (non-hydrogen) atoms. The molecule has 1 aromatic carbocycles. The number of piperidine rings is 1. The van der Waals surface area contributed by atoms with Crippen molar-refractivity contribution in [2.75, 3.05) is 55.5 Å². The fraction of sp³-hybridized carbons (Fsp3) is 0.600. The molecule has 0 bridgehead atoms. The number of aromatic nitrogens is 2. The van der Waals surface area contributed by atoms with E-state index in [0.29, 0.717) is 42.3 Å². The molecule has 224 valence electrons. The lowest BCUT2D eigenvalue weighted by molar-refractivity contribution is -0.127. The van der Waals surface area contributed by atoms with Crippen LogP contribution in [0, 0.1) is 11.2 Å². The van der Waals surface area contributed by atoms with E-state index < -0.39 is 17.1 Å². The van der Waals surface area contributed by atoms with Gasteiger partial charge in [0.1, 0.15) is 17.3 Å². The number of likely N-dealkylation sites (tertiary alicyclic amines) is 1. The maximum Gasteiger partial charge on any atom is 0.254 e. The van der Waals surface area contributed by atoms with E-state index >= 15 is 4.39 Å². The van der Waals surface area contributed by atoms with Gasteiger partial charge in [-0.15, -0.1) is 0 Å². The van der Waals surface area contributed by atoms with E-state index in [0.717, 1.165) is 32.5 Å². The molecule has 2 aliphatic rings. The number of methoxy groups -OCH3 is 1. The smallest absolute Gasteiger partial charge is 0.254 e. The van der Waals surface area contributed by atoms with Gasteiger partial charge < -0.3 is 30.1 Å². The molecule has 2 aliphatic heterocycles. The van der Waals surface area contributed by atoms with Gasteiger partial charge in [0, 0.05) is 44.8 Å². The molecule has 1 fully saturated rings. The number of halogens is 1. The van der Waals surface area contributed by atoms with Crippen molar-refractivity contribution in [1.82, 2.24) is 20.2 Å². The molecule has 4 rings (SSSR count). The Kier molecular flexibility index (Phi) is 9.36. The highest BCUT2D eigenvalue weighted by atomic mass is 19.1. The number of carbonyl (C=O) groups excluding carboxylic acids is 2. The third kappa shape index (κ3) is 6.10. The van der Waals surface area contributed by atoms with Gasteiger partial charge in [0.15, 0.2) is 5.82 Å². The first-order valence-electron chi connectivity index (χ1n) is 14.7. The van der Waals surface area contributed by atoms with Crippen molar-refractivity contribution in [1.29, 1.82) is 0 Å². The summed E-state index contributed by atoms with van der Waals surface area (Å²) in [6.07, 6.45) is 4.69. The van der Waals surface area contributed by atoms with Crippen molar-refractivity contribution in [2.45, 2.75) is 72.4 Å². The molecular formula is C30H44FN7O3. The van der Waals surface area contributed by atoms with E-state index in [1.807, 2.05) is 13.8 Å². The maximum atomic E-state index is 15.3. The summed E-state index contributed by atoms with van der Waals surface area (Å²) in [4.78, 5) is 41.9. The first kappa shape index (κ1) is 30.5. The normalized spacial score (nSPS) is 17.8. The Morgan fingerprint density at radius 3 is 2.46 bits per heavy atom. The van der Waals surface area contributed by atoms with E-state index in [-0.39, 0.29) is 29.5 Å². The van der Waals surface area contributed by atoms with Crippen LogP contribution in [0.2, 0.25) is 0 Å². The average molecular weight is 570 g/mol. The van der Waals surface area contributed by atoms with Crippen molar-refractivity contribution in [2.24, 2.45) is 5.41 Å². The lowest BCUT2D eigenvalue weighted by Crippen LogP contribution is -2.47. The Bertz CT molecular complexity index is 1260. The number of fused-ring (bicyclic) bond motifs is 1. The molecule has 2 N–H and O–H groups in total. The SMILES string of the molecule is CCN1CCC(NC(=O)c2cc(OC)c(Nc3ncc4c(n3)N(C(C)C)CC(CC)(CC)C(=O)N4C)cc2F)CC1. The number of nitrogens with one attached hydrogen (secondary N) is 2. The first-order valence-corrected chi connectivity index (χ1v) is 14.7. The zero-order valence-corrected chi connectivity index (χ0v) is 25.4. The van der Waals surface area contributed by atoms with Gasteiger partial charge in [0.05, 0.1) is 30.0 Å². The van der Waals surface area contributed by atoms with Gasteiger partial charge >= 0.3 is 0 Å². The molecule has 11 heteroatoms. The Labute approximate surface area is 242 Å². The van der Waals surface area contributed by atoms with Crippen molar-refractivity contribution in [3.8, 4) is 5.75 Å². The zero-order chi connectivity index (χ0) is 29.9. The molecule has 0 radical (unpaired) electrons. The zero-order valence-electron chi connectivity index (χ0n) is 25.4.